The Morgan fingerprint density at radius 1 is 0.686 bits per heavy atom. The molecule has 0 aliphatic carbocycles. The molecule has 0 fully saturated rings. The van der Waals surface area contributed by atoms with Crippen molar-refractivity contribution in [3.8, 4) is 0 Å². The largest absolute Gasteiger partial charge is 0.466 e. The topological polar surface area (TPSA) is 243 Å². The first-order valence-electron chi connectivity index (χ1n) is 10.2. The normalized spacial score (nSPS) is 10.7. The van der Waals surface area contributed by atoms with Crippen molar-refractivity contribution in [2.75, 3.05) is 11.5 Å². The van der Waals surface area contributed by atoms with Crippen LogP contribution in [0.5, 0.6) is 0 Å². The number of phosphoric acid groups is 1. The number of hydrogen-bond donors (Lipinski definition) is 7. The monoisotopic (exact) mass is 504 g/mol. The number of hydrogen-bond acceptors (Lipinski definition) is 9. The maximum atomic E-state index is 8.88. The van der Waals surface area contributed by atoms with Crippen LogP contribution in [0.2, 0.25) is 0 Å². The number of nitrogen functional groups attached to an aromatic ring is 2. The average Bonchev–Trinajstić information content (AvgIpc) is 3.36. The molecule has 4 rings (SSSR count). The van der Waals surface area contributed by atoms with E-state index in [2.05, 4.69) is 20.6 Å². The maximum absolute atomic E-state index is 8.88. The Kier molecular flexibility index (Phi) is 10.5. The molecule has 0 unspecified atom stereocenters. The van der Waals surface area contributed by atoms with Crippen LogP contribution >= 0.6 is 7.82 Å². The standard InChI is InChI=1S/2C10H13N5.H3O4P/c2*11-6-9-10(12)15(14-13-9)7-8-4-2-1-3-5-8;1-5(2,3)4/h2*1-5H,6-7,11-12H2;(H3,1,2,3,4). The van der Waals surface area contributed by atoms with Crippen LogP contribution in [0.15, 0.2) is 60.7 Å². The smallest absolute Gasteiger partial charge is 0.382 e. The summed E-state index contributed by atoms with van der Waals surface area (Å²) in [4.78, 5) is 21.6. The van der Waals surface area contributed by atoms with Crippen LogP contribution in [0.25, 0.3) is 0 Å². The zero-order chi connectivity index (χ0) is 25.8. The summed E-state index contributed by atoms with van der Waals surface area (Å²) in [5.74, 6) is 1.09. The van der Waals surface area contributed by atoms with E-state index in [1.54, 1.807) is 9.36 Å². The highest BCUT2D eigenvalue weighted by Crippen LogP contribution is 2.25. The lowest BCUT2D eigenvalue weighted by Crippen LogP contribution is -2.07. The minimum absolute atomic E-state index is 0.320. The Labute approximate surface area is 201 Å². The number of aromatic nitrogens is 6. The van der Waals surface area contributed by atoms with Gasteiger partial charge in [0.1, 0.15) is 23.0 Å². The summed E-state index contributed by atoms with van der Waals surface area (Å²) >= 11 is 0. The molecule has 0 bridgehead atoms. The Morgan fingerprint density at radius 2 is 1.00 bits per heavy atom. The van der Waals surface area contributed by atoms with E-state index in [4.69, 9.17) is 42.2 Å². The van der Waals surface area contributed by atoms with Gasteiger partial charge in [0.15, 0.2) is 0 Å². The lowest BCUT2D eigenvalue weighted by Gasteiger charge is -2.02. The SMILES string of the molecule is NCc1nnn(Cc2ccccc2)c1N.NCc1nnn(Cc2ccccc2)c1N.O=P(O)(O)O. The molecule has 14 nitrogen and oxygen atoms in total. The van der Waals surface area contributed by atoms with Gasteiger partial charge in [0.25, 0.3) is 0 Å². The molecule has 11 N–H and O–H groups in total. The van der Waals surface area contributed by atoms with Crippen molar-refractivity contribution in [2.24, 2.45) is 11.5 Å². The van der Waals surface area contributed by atoms with Gasteiger partial charge in [-0.25, -0.2) is 13.9 Å². The minimum atomic E-state index is -4.64. The van der Waals surface area contributed by atoms with Gasteiger partial charge in [0, 0.05) is 13.1 Å². The van der Waals surface area contributed by atoms with Gasteiger partial charge < -0.3 is 37.6 Å². The molecule has 15 heteroatoms. The summed E-state index contributed by atoms with van der Waals surface area (Å²) in [6, 6.07) is 19.9. The van der Waals surface area contributed by atoms with Gasteiger partial charge in [-0.15, -0.1) is 10.2 Å². The average molecular weight is 504 g/mol. The van der Waals surface area contributed by atoms with Crippen LogP contribution in [0.1, 0.15) is 22.5 Å². The fourth-order valence-corrected chi connectivity index (χ4v) is 2.75. The van der Waals surface area contributed by atoms with Crippen molar-refractivity contribution < 1.29 is 19.2 Å². The van der Waals surface area contributed by atoms with E-state index in [0.29, 0.717) is 49.2 Å². The highest BCUT2D eigenvalue weighted by molar-refractivity contribution is 7.45. The summed E-state index contributed by atoms with van der Waals surface area (Å²) in [6.07, 6.45) is 0. The molecule has 35 heavy (non-hydrogen) atoms. The van der Waals surface area contributed by atoms with Crippen molar-refractivity contribution in [3.63, 3.8) is 0 Å². The summed E-state index contributed by atoms with van der Waals surface area (Å²) in [6.45, 7) is 1.89. The lowest BCUT2D eigenvalue weighted by molar-refractivity contribution is 0.275. The van der Waals surface area contributed by atoms with Crippen LogP contribution in [0, 0.1) is 0 Å². The quantitative estimate of drug-likeness (QED) is 0.169. The molecule has 0 aliphatic rings. The molecule has 2 aromatic heterocycles. The van der Waals surface area contributed by atoms with Crippen molar-refractivity contribution in [2.45, 2.75) is 26.2 Å². The molecule has 0 saturated carbocycles. The first kappa shape index (κ1) is 27.6. The van der Waals surface area contributed by atoms with Crippen LogP contribution in [-0.2, 0) is 30.7 Å². The highest BCUT2D eigenvalue weighted by atomic mass is 31.2. The molecule has 0 aliphatic heterocycles. The number of nitrogens with two attached hydrogens (primary N) is 4. The summed E-state index contributed by atoms with van der Waals surface area (Å²) in [5.41, 5.74) is 26.1. The molecule has 2 heterocycles. The van der Waals surface area contributed by atoms with Gasteiger partial charge in [-0.2, -0.15) is 0 Å². The molecule has 4 aromatic rings. The molecule has 0 amide bonds. The zero-order valence-corrected chi connectivity index (χ0v) is 19.7. The van der Waals surface area contributed by atoms with Crippen molar-refractivity contribution in [1.82, 2.24) is 30.0 Å². The van der Waals surface area contributed by atoms with Crippen molar-refractivity contribution >= 4 is 19.5 Å². The second-order valence-electron chi connectivity index (χ2n) is 7.05. The van der Waals surface area contributed by atoms with Gasteiger partial charge in [-0.1, -0.05) is 71.1 Å². The number of anilines is 2. The van der Waals surface area contributed by atoms with Crippen LogP contribution in [-0.4, -0.2) is 44.7 Å². The summed E-state index contributed by atoms with van der Waals surface area (Å²) in [5, 5.41) is 15.7. The molecule has 0 radical (unpaired) electrons. The molecular formula is C20H29N10O4P. The first-order valence-corrected chi connectivity index (χ1v) is 11.8. The van der Waals surface area contributed by atoms with E-state index in [9.17, 15) is 0 Å². The molecule has 2 aromatic carbocycles. The van der Waals surface area contributed by atoms with E-state index in [0.717, 1.165) is 11.1 Å². The fraction of sp³-hybridized carbons (Fsp3) is 0.200. The van der Waals surface area contributed by atoms with Gasteiger partial charge in [0.2, 0.25) is 0 Å². The third kappa shape index (κ3) is 9.62. The Hall–Kier alpha value is -3.65. The van der Waals surface area contributed by atoms with E-state index >= 15 is 0 Å². The number of benzene rings is 2. The molecule has 0 spiro atoms. The van der Waals surface area contributed by atoms with Gasteiger partial charge in [0.05, 0.1) is 13.1 Å². The maximum Gasteiger partial charge on any atom is 0.466 e. The van der Waals surface area contributed by atoms with E-state index in [-0.39, 0.29) is 0 Å². The van der Waals surface area contributed by atoms with E-state index in [1.807, 2.05) is 60.7 Å². The predicted octanol–water partition coefficient (Wildman–Crippen LogP) is -0.194. The first-order chi connectivity index (χ1) is 16.6. The second-order valence-corrected chi connectivity index (χ2v) is 8.08. The Balaban J connectivity index is 0.000000208. The lowest BCUT2D eigenvalue weighted by atomic mass is 10.2. The minimum Gasteiger partial charge on any atom is -0.382 e. The highest BCUT2D eigenvalue weighted by Gasteiger charge is 2.08. The summed E-state index contributed by atoms with van der Waals surface area (Å²) in [7, 11) is -4.64. The van der Waals surface area contributed by atoms with Gasteiger partial charge in [-0.3, -0.25) is 0 Å². The van der Waals surface area contributed by atoms with Gasteiger partial charge >= 0.3 is 7.82 Å². The third-order valence-electron chi connectivity index (χ3n) is 4.43. The second kappa shape index (κ2) is 13.3. The Morgan fingerprint density at radius 3 is 1.26 bits per heavy atom. The fourth-order valence-electron chi connectivity index (χ4n) is 2.75. The molecule has 0 atom stereocenters. The van der Waals surface area contributed by atoms with Crippen LogP contribution in [0.4, 0.5) is 11.6 Å². The molecule has 0 saturated heterocycles. The van der Waals surface area contributed by atoms with Gasteiger partial charge in [-0.05, 0) is 11.1 Å². The van der Waals surface area contributed by atoms with Crippen molar-refractivity contribution in [1.29, 1.82) is 0 Å². The Bertz CT molecular complexity index is 1120. The van der Waals surface area contributed by atoms with E-state index in [1.165, 1.54) is 0 Å². The van der Waals surface area contributed by atoms with Crippen molar-refractivity contribution in [3.05, 3.63) is 83.2 Å². The van der Waals surface area contributed by atoms with Crippen LogP contribution in [0.3, 0.4) is 0 Å². The number of rotatable bonds is 6. The zero-order valence-electron chi connectivity index (χ0n) is 18.8. The van der Waals surface area contributed by atoms with Crippen LogP contribution < -0.4 is 22.9 Å². The molecule has 188 valence electrons. The third-order valence-corrected chi connectivity index (χ3v) is 4.43. The summed E-state index contributed by atoms with van der Waals surface area (Å²) < 4.78 is 12.2. The van der Waals surface area contributed by atoms with E-state index < -0.39 is 7.82 Å². The predicted molar refractivity (Wildman–Crippen MR) is 130 cm³/mol. The number of nitrogens with zero attached hydrogens (tertiary/aromatic N) is 6. The molecular weight excluding hydrogens is 475 g/mol.